The third-order valence-corrected chi connectivity index (χ3v) is 11.0. The molecular formula is C43H51N4O8+. The number of rotatable bonds is 16. The Morgan fingerprint density at radius 3 is 1.80 bits per heavy atom. The number of hydroxylamine groups is 4. The molecule has 2 saturated heterocycles. The molecular weight excluding hydrogens is 700 g/mol. The van der Waals surface area contributed by atoms with Crippen molar-refractivity contribution < 1.29 is 43.0 Å². The summed E-state index contributed by atoms with van der Waals surface area (Å²) in [6.45, 7) is 10.5. The second-order valence-electron chi connectivity index (χ2n) is 15.6. The zero-order chi connectivity index (χ0) is 39.3. The first kappa shape index (κ1) is 39.3. The van der Waals surface area contributed by atoms with Crippen LogP contribution in [0.1, 0.15) is 116 Å². The van der Waals surface area contributed by atoms with Gasteiger partial charge < -0.3 is 14.6 Å². The van der Waals surface area contributed by atoms with Crippen molar-refractivity contribution in [1.29, 1.82) is 0 Å². The highest BCUT2D eigenvalue weighted by Crippen LogP contribution is 2.48. The molecule has 4 heterocycles. The average Bonchev–Trinajstić information content (AvgIpc) is 3.79. The number of amides is 4. The smallest absolute Gasteiger partial charge is 0.333 e. The SMILES string of the molecule is CC1(C)C(/C=C\C=C2/N(CCCCCC(=O)ON3C(=O)CCC3=O)c3ccccc3C2(C)C)=[N+](CCCCCC(=O)ON2C(=O)CCC2=O)c2ccccc21. The fourth-order valence-corrected chi connectivity index (χ4v) is 8.04. The summed E-state index contributed by atoms with van der Waals surface area (Å²) in [6.07, 6.45) is 11.5. The molecule has 0 N–H and O–H groups in total. The normalized spacial score (nSPS) is 19.3. The molecule has 4 aliphatic heterocycles. The molecule has 0 aliphatic carbocycles. The summed E-state index contributed by atoms with van der Waals surface area (Å²) in [5, 5.41) is 1.21. The number of imide groups is 2. The van der Waals surface area contributed by atoms with Crippen LogP contribution >= 0.6 is 0 Å². The Morgan fingerprint density at radius 1 is 0.673 bits per heavy atom. The minimum atomic E-state index is -0.569. The van der Waals surface area contributed by atoms with Gasteiger partial charge in [-0.05, 0) is 57.2 Å². The lowest BCUT2D eigenvalue weighted by atomic mass is 9.81. The van der Waals surface area contributed by atoms with E-state index in [4.69, 9.17) is 9.68 Å². The Morgan fingerprint density at radius 2 is 1.20 bits per heavy atom. The van der Waals surface area contributed by atoms with Crippen molar-refractivity contribution in [2.24, 2.45) is 0 Å². The van der Waals surface area contributed by atoms with Gasteiger partial charge >= 0.3 is 11.9 Å². The molecule has 4 amide bonds. The van der Waals surface area contributed by atoms with Crippen LogP contribution in [0, 0.1) is 0 Å². The number of fused-ring (bicyclic) bond motifs is 2. The van der Waals surface area contributed by atoms with Gasteiger partial charge in [0.2, 0.25) is 5.69 Å². The monoisotopic (exact) mass is 751 g/mol. The summed E-state index contributed by atoms with van der Waals surface area (Å²) in [7, 11) is 0. The molecule has 0 atom stereocenters. The second-order valence-corrected chi connectivity index (χ2v) is 15.6. The molecule has 6 rings (SSSR count). The Balaban J connectivity index is 1.11. The first-order valence-electron chi connectivity index (χ1n) is 19.4. The minimum absolute atomic E-state index is 0.0753. The van der Waals surface area contributed by atoms with E-state index in [2.05, 4.69) is 104 Å². The number of hydrogen-bond acceptors (Lipinski definition) is 9. The average molecular weight is 752 g/mol. The topological polar surface area (TPSA) is 134 Å². The van der Waals surface area contributed by atoms with Gasteiger partial charge in [-0.1, -0.05) is 62.7 Å². The lowest BCUT2D eigenvalue weighted by Gasteiger charge is -2.27. The second kappa shape index (κ2) is 16.5. The fourth-order valence-electron chi connectivity index (χ4n) is 8.04. The largest absolute Gasteiger partial charge is 0.344 e. The van der Waals surface area contributed by atoms with Crippen LogP contribution in [0.3, 0.4) is 0 Å². The molecule has 0 saturated carbocycles. The highest BCUT2D eigenvalue weighted by Gasteiger charge is 2.44. The zero-order valence-corrected chi connectivity index (χ0v) is 32.3. The van der Waals surface area contributed by atoms with Crippen molar-refractivity contribution in [2.45, 2.75) is 116 Å². The number of para-hydroxylation sites is 2. The third-order valence-electron chi connectivity index (χ3n) is 11.0. The molecule has 2 aromatic carbocycles. The van der Waals surface area contributed by atoms with Gasteiger partial charge in [0.25, 0.3) is 23.6 Å². The predicted molar refractivity (Wildman–Crippen MR) is 205 cm³/mol. The highest BCUT2D eigenvalue weighted by molar-refractivity contribution is 6.03. The lowest BCUT2D eigenvalue weighted by molar-refractivity contribution is -0.438. The first-order valence-corrected chi connectivity index (χ1v) is 19.4. The van der Waals surface area contributed by atoms with Crippen LogP contribution in [0.25, 0.3) is 0 Å². The Hall–Kier alpha value is -5.39. The molecule has 0 bridgehead atoms. The van der Waals surface area contributed by atoms with Gasteiger partial charge in [0.15, 0.2) is 5.71 Å². The van der Waals surface area contributed by atoms with Crippen molar-refractivity contribution >= 4 is 52.7 Å². The van der Waals surface area contributed by atoms with Gasteiger partial charge in [0, 0.05) is 86.0 Å². The number of hydrogen-bond donors (Lipinski definition) is 0. The molecule has 12 nitrogen and oxygen atoms in total. The Bertz CT molecular complexity index is 1940. The van der Waals surface area contributed by atoms with Crippen LogP contribution in [-0.2, 0) is 49.3 Å². The van der Waals surface area contributed by atoms with Crippen LogP contribution in [0.4, 0.5) is 11.4 Å². The van der Waals surface area contributed by atoms with E-state index in [1.165, 1.54) is 33.9 Å². The van der Waals surface area contributed by atoms with E-state index in [1.54, 1.807) is 0 Å². The van der Waals surface area contributed by atoms with Crippen LogP contribution in [0.15, 0.2) is 72.5 Å². The highest BCUT2D eigenvalue weighted by atomic mass is 16.7. The van der Waals surface area contributed by atoms with E-state index in [-0.39, 0.29) is 49.4 Å². The van der Waals surface area contributed by atoms with Crippen LogP contribution < -0.4 is 4.90 Å². The van der Waals surface area contributed by atoms with Gasteiger partial charge in [-0.2, -0.15) is 4.58 Å². The maximum absolute atomic E-state index is 12.3. The van der Waals surface area contributed by atoms with Gasteiger partial charge in [-0.25, -0.2) is 9.59 Å². The molecule has 0 radical (unpaired) electrons. The van der Waals surface area contributed by atoms with Crippen molar-refractivity contribution in [3.63, 3.8) is 0 Å². The number of carbonyl (C=O) groups excluding carboxylic acids is 6. The number of carbonyl (C=O) groups is 6. The molecule has 0 aromatic heterocycles. The van der Waals surface area contributed by atoms with Crippen molar-refractivity contribution in [3.05, 3.63) is 83.6 Å². The molecule has 12 heteroatoms. The summed E-state index contributed by atoms with van der Waals surface area (Å²) < 4.78 is 2.37. The quantitative estimate of drug-likeness (QED) is 0.105. The summed E-state index contributed by atoms with van der Waals surface area (Å²) in [5.41, 5.74) is 6.72. The van der Waals surface area contributed by atoms with Gasteiger partial charge in [-0.3, -0.25) is 19.2 Å². The van der Waals surface area contributed by atoms with Crippen LogP contribution in [-0.4, -0.2) is 69.1 Å². The molecule has 4 aliphatic rings. The van der Waals surface area contributed by atoms with Crippen molar-refractivity contribution in [2.75, 3.05) is 18.0 Å². The number of nitrogens with zero attached hydrogens (tertiary/aromatic N) is 4. The number of anilines is 1. The van der Waals surface area contributed by atoms with Crippen LogP contribution in [0.2, 0.25) is 0 Å². The molecule has 55 heavy (non-hydrogen) atoms. The van der Waals surface area contributed by atoms with E-state index in [9.17, 15) is 28.8 Å². The molecule has 2 fully saturated rings. The third kappa shape index (κ3) is 8.33. The summed E-state index contributed by atoms with van der Waals surface area (Å²) in [5.74, 6) is -3.03. The molecule has 0 unspecified atom stereocenters. The maximum atomic E-state index is 12.3. The lowest BCUT2D eigenvalue weighted by Crippen LogP contribution is -2.32. The maximum Gasteiger partial charge on any atom is 0.333 e. The number of allylic oxidation sites excluding steroid dienone is 4. The summed E-state index contributed by atoms with van der Waals surface area (Å²) in [6, 6.07) is 16.9. The predicted octanol–water partition coefficient (Wildman–Crippen LogP) is 6.64. The van der Waals surface area contributed by atoms with Crippen molar-refractivity contribution in [1.82, 2.24) is 10.1 Å². The zero-order valence-electron chi connectivity index (χ0n) is 32.3. The van der Waals surface area contributed by atoms with E-state index >= 15 is 0 Å². The number of benzene rings is 2. The van der Waals surface area contributed by atoms with Crippen molar-refractivity contribution in [3.8, 4) is 0 Å². The molecule has 290 valence electrons. The minimum Gasteiger partial charge on any atom is -0.344 e. The van der Waals surface area contributed by atoms with E-state index in [1.807, 2.05) is 0 Å². The number of unbranched alkanes of at least 4 members (excludes halogenated alkanes) is 4. The molecule has 2 aromatic rings. The Labute approximate surface area is 322 Å². The first-order chi connectivity index (χ1) is 26.3. The van der Waals surface area contributed by atoms with Crippen LogP contribution in [0.5, 0.6) is 0 Å². The summed E-state index contributed by atoms with van der Waals surface area (Å²) >= 11 is 0. The van der Waals surface area contributed by atoms with E-state index < -0.39 is 35.6 Å². The van der Waals surface area contributed by atoms with Gasteiger partial charge in [-0.15, -0.1) is 10.1 Å². The Kier molecular flexibility index (Phi) is 11.8. The van der Waals surface area contributed by atoms with Gasteiger partial charge in [0.05, 0.1) is 5.41 Å². The standard InChI is InChI=1S/C43H51N4O8/c1-42(2)30-16-9-11-18-32(30)44(28-13-5-7-22-40(52)54-46-36(48)24-25-37(46)49)34(42)20-15-21-35-43(3,4)31-17-10-12-19-33(31)45(35)29-14-6-8-23-41(53)55-47-38(50)26-27-39(47)51/h9-12,15-21H,5-8,13-14,22-29H2,1-4H3/q+1. The molecule has 0 spiro atoms. The van der Waals surface area contributed by atoms with E-state index in [0.29, 0.717) is 23.0 Å². The summed E-state index contributed by atoms with van der Waals surface area (Å²) in [4.78, 5) is 84.3. The van der Waals surface area contributed by atoms with Gasteiger partial charge in [0.1, 0.15) is 6.54 Å². The van der Waals surface area contributed by atoms with E-state index in [0.717, 1.165) is 38.8 Å². The fraction of sp³-hybridized carbons (Fsp3) is 0.465.